The number of nitrogens with one attached hydrogen (secondary N) is 1. The molecule has 6 heteroatoms. The highest BCUT2D eigenvalue weighted by Crippen LogP contribution is 2.29. The molecule has 34 heavy (non-hydrogen) atoms. The van der Waals surface area contributed by atoms with Crippen molar-refractivity contribution in [2.75, 3.05) is 19.0 Å². The topological polar surface area (TPSA) is 73.9 Å². The Morgan fingerprint density at radius 1 is 1.00 bits per heavy atom. The van der Waals surface area contributed by atoms with Gasteiger partial charge in [0.2, 0.25) is 5.91 Å². The molecule has 2 aromatic rings. The number of carbonyl (C=O) groups excluding carboxylic acids is 2. The van der Waals surface area contributed by atoms with Gasteiger partial charge in [0.25, 0.3) is 0 Å². The number of methoxy groups -OCH3 is 1. The van der Waals surface area contributed by atoms with Gasteiger partial charge >= 0.3 is 5.97 Å². The SMILES string of the molecule is CCCCCOc1ccc(/C=C/C(=O)Nc2ccc(C(=O)OC3CCCCC3)cc2)cc1OC. The summed E-state index contributed by atoms with van der Waals surface area (Å²) in [4.78, 5) is 24.7. The molecule has 3 rings (SSSR count). The van der Waals surface area contributed by atoms with Crippen LogP contribution in [0.1, 0.15) is 74.2 Å². The number of hydrogen-bond acceptors (Lipinski definition) is 5. The van der Waals surface area contributed by atoms with E-state index in [2.05, 4.69) is 12.2 Å². The fourth-order valence-corrected chi connectivity index (χ4v) is 3.89. The minimum Gasteiger partial charge on any atom is -0.493 e. The zero-order valence-electron chi connectivity index (χ0n) is 20.2. The Kier molecular flexibility index (Phi) is 10.0. The summed E-state index contributed by atoms with van der Waals surface area (Å²) in [6.45, 7) is 2.81. The lowest BCUT2D eigenvalue weighted by Crippen LogP contribution is -2.20. The van der Waals surface area contributed by atoms with E-state index in [1.807, 2.05) is 18.2 Å². The molecule has 1 aliphatic rings. The van der Waals surface area contributed by atoms with Gasteiger partial charge in [-0.1, -0.05) is 32.3 Å². The molecule has 0 aliphatic heterocycles. The Morgan fingerprint density at radius 2 is 1.76 bits per heavy atom. The smallest absolute Gasteiger partial charge is 0.338 e. The fraction of sp³-hybridized carbons (Fsp3) is 0.429. The molecule has 1 saturated carbocycles. The summed E-state index contributed by atoms with van der Waals surface area (Å²) in [5.41, 5.74) is 1.93. The molecule has 0 saturated heterocycles. The quantitative estimate of drug-likeness (QED) is 0.236. The van der Waals surface area contributed by atoms with E-state index in [4.69, 9.17) is 14.2 Å². The van der Waals surface area contributed by atoms with Crippen LogP contribution in [0.4, 0.5) is 5.69 Å². The van der Waals surface area contributed by atoms with Crippen LogP contribution in [0.2, 0.25) is 0 Å². The Balaban J connectivity index is 1.51. The highest BCUT2D eigenvalue weighted by molar-refractivity contribution is 6.02. The van der Waals surface area contributed by atoms with Crippen LogP contribution in [0.25, 0.3) is 6.08 Å². The maximum Gasteiger partial charge on any atom is 0.338 e. The van der Waals surface area contributed by atoms with Gasteiger partial charge in [0, 0.05) is 11.8 Å². The van der Waals surface area contributed by atoms with Gasteiger partial charge in [0.15, 0.2) is 11.5 Å². The summed E-state index contributed by atoms with van der Waals surface area (Å²) in [6, 6.07) is 12.3. The van der Waals surface area contributed by atoms with Gasteiger partial charge < -0.3 is 19.5 Å². The lowest BCUT2D eigenvalue weighted by molar-refractivity contribution is -0.111. The van der Waals surface area contributed by atoms with E-state index in [0.29, 0.717) is 29.4 Å². The Morgan fingerprint density at radius 3 is 2.47 bits per heavy atom. The summed E-state index contributed by atoms with van der Waals surface area (Å²) >= 11 is 0. The van der Waals surface area contributed by atoms with Crippen LogP contribution in [0, 0.1) is 0 Å². The van der Waals surface area contributed by atoms with Crippen molar-refractivity contribution in [1.82, 2.24) is 0 Å². The molecule has 0 bridgehead atoms. The van der Waals surface area contributed by atoms with E-state index >= 15 is 0 Å². The molecular formula is C28H35NO5. The van der Waals surface area contributed by atoms with E-state index in [0.717, 1.165) is 50.5 Å². The number of hydrogen-bond donors (Lipinski definition) is 1. The number of esters is 1. The van der Waals surface area contributed by atoms with Crippen LogP contribution < -0.4 is 14.8 Å². The van der Waals surface area contributed by atoms with Crippen LogP contribution in [-0.4, -0.2) is 31.7 Å². The van der Waals surface area contributed by atoms with E-state index in [1.54, 1.807) is 37.5 Å². The number of unbranched alkanes of at least 4 members (excludes halogenated alkanes) is 2. The van der Waals surface area contributed by atoms with Crippen LogP contribution in [0.3, 0.4) is 0 Å². The van der Waals surface area contributed by atoms with Gasteiger partial charge in [-0.3, -0.25) is 4.79 Å². The van der Waals surface area contributed by atoms with Crippen LogP contribution in [0.15, 0.2) is 48.5 Å². The van der Waals surface area contributed by atoms with Crippen molar-refractivity contribution in [3.8, 4) is 11.5 Å². The maximum absolute atomic E-state index is 12.3. The zero-order chi connectivity index (χ0) is 24.2. The zero-order valence-corrected chi connectivity index (χ0v) is 20.2. The first-order valence-electron chi connectivity index (χ1n) is 12.2. The number of anilines is 1. The monoisotopic (exact) mass is 465 g/mol. The van der Waals surface area contributed by atoms with Crippen molar-refractivity contribution in [1.29, 1.82) is 0 Å². The van der Waals surface area contributed by atoms with Crippen molar-refractivity contribution in [3.63, 3.8) is 0 Å². The molecular weight excluding hydrogens is 430 g/mol. The lowest BCUT2D eigenvalue weighted by atomic mass is 9.98. The minimum absolute atomic E-state index is 0.0195. The van der Waals surface area contributed by atoms with Gasteiger partial charge in [-0.25, -0.2) is 4.79 Å². The largest absolute Gasteiger partial charge is 0.493 e. The number of rotatable bonds is 11. The lowest BCUT2D eigenvalue weighted by Gasteiger charge is -2.21. The minimum atomic E-state index is -0.309. The fourth-order valence-electron chi connectivity index (χ4n) is 3.89. The third-order valence-corrected chi connectivity index (χ3v) is 5.83. The van der Waals surface area contributed by atoms with Gasteiger partial charge in [-0.05, 0) is 80.1 Å². The Labute approximate surface area is 202 Å². The molecule has 0 unspecified atom stereocenters. The summed E-state index contributed by atoms with van der Waals surface area (Å²) in [5, 5.41) is 2.81. The Bertz CT molecular complexity index is 961. The first kappa shape index (κ1) is 25.3. The van der Waals surface area contributed by atoms with Gasteiger partial charge in [0.05, 0.1) is 19.3 Å². The normalized spacial score (nSPS) is 14.1. The number of ether oxygens (including phenoxy) is 3. The molecule has 0 heterocycles. The maximum atomic E-state index is 12.3. The average Bonchev–Trinajstić information content (AvgIpc) is 2.86. The molecule has 2 aromatic carbocycles. The first-order chi connectivity index (χ1) is 16.6. The molecule has 182 valence electrons. The average molecular weight is 466 g/mol. The summed E-state index contributed by atoms with van der Waals surface area (Å²) in [7, 11) is 1.60. The molecule has 0 aromatic heterocycles. The summed E-state index contributed by atoms with van der Waals surface area (Å²) in [5.74, 6) is 0.755. The predicted octanol–water partition coefficient (Wildman–Crippen LogP) is 6.41. The van der Waals surface area contributed by atoms with Crippen LogP contribution in [-0.2, 0) is 9.53 Å². The van der Waals surface area contributed by atoms with Crippen molar-refractivity contribution in [2.24, 2.45) is 0 Å². The van der Waals surface area contributed by atoms with Crippen molar-refractivity contribution >= 4 is 23.6 Å². The highest BCUT2D eigenvalue weighted by atomic mass is 16.5. The van der Waals surface area contributed by atoms with E-state index in [-0.39, 0.29) is 18.0 Å². The molecule has 0 spiro atoms. The van der Waals surface area contributed by atoms with E-state index < -0.39 is 0 Å². The number of amides is 1. The second-order valence-corrected chi connectivity index (χ2v) is 8.53. The molecule has 1 aliphatic carbocycles. The summed E-state index contributed by atoms with van der Waals surface area (Å²) < 4.78 is 16.8. The van der Waals surface area contributed by atoms with Gasteiger partial charge in [-0.2, -0.15) is 0 Å². The molecule has 1 N–H and O–H groups in total. The number of carbonyl (C=O) groups is 2. The third kappa shape index (κ3) is 7.94. The Hall–Kier alpha value is -3.28. The van der Waals surface area contributed by atoms with Crippen molar-refractivity contribution < 1.29 is 23.8 Å². The first-order valence-corrected chi connectivity index (χ1v) is 12.2. The second-order valence-electron chi connectivity index (χ2n) is 8.53. The molecule has 0 radical (unpaired) electrons. The number of benzene rings is 2. The predicted molar refractivity (Wildman–Crippen MR) is 134 cm³/mol. The van der Waals surface area contributed by atoms with E-state index in [1.165, 1.54) is 12.5 Å². The molecule has 1 amide bonds. The molecule has 0 atom stereocenters. The van der Waals surface area contributed by atoms with Gasteiger partial charge in [0.1, 0.15) is 6.10 Å². The van der Waals surface area contributed by atoms with Crippen LogP contribution >= 0.6 is 0 Å². The standard InChI is InChI=1S/C28H35NO5/c1-3-4-8-19-33-25-17-11-21(20-26(25)32-2)12-18-27(30)29-23-15-13-22(14-16-23)28(31)34-24-9-6-5-7-10-24/h11-18,20,24H,3-10,19H2,1-2H3,(H,29,30)/b18-12+. The van der Waals surface area contributed by atoms with Crippen molar-refractivity contribution in [2.45, 2.75) is 64.4 Å². The molecule has 1 fully saturated rings. The molecule has 6 nitrogen and oxygen atoms in total. The highest BCUT2D eigenvalue weighted by Gasteiger charge is 2.18. The van der Waals surface area contributed by atoms with Gasteiger partial charge in [-0.15, -0.1) is 0 Å². The summed E-state index contributed by atoms with van der Waals surface area (Å²) in [6.07, 6.45) is 11.8. The second kappa shape index (κ2) is 13.4. The third-order valence-electron chi connectivity index (χ3n) is 5.83. The van der Waals surface area contributed by atoms with Crippen LogP contribution in [0.5, 0.6) is 11.5 Å². The van der Waals surface area contributed by atoms with Crippen molar-refractivity contribution in [3.05, 3.63) is 59.7 Å². The van der Waals surface area contributed by atoms with E-state index in [9.17, 15) is 9.59 Å².